The van der Waals surface area contributed by atoms with Crippen molar-refractivity contribution >= 4 is 34.6 Å². The minimum Gasteiger partial charge on any atom is -0.494 e. The zero-order valence-electron chi connectivity index (χ0n) is 18.0. The number of hydrogen-bond acceptors (Lipinski definition) is 5. The standard InChI is InChI=1S/C26H24N2O3S/c1-3-30-22-14-10-21(11-15-22)27-26-28-25(29)24(32-26)16-19-8-12-23(13-9-19)31-17-20-6-4-18(2)5-7-20/h4-16H,3,17H2,1-2H3,(H,27,28,29)/b24-16-. The first-order valence-electron chi connectivity index (χ1n) is 10.4. The van der Waals surface area contributed by atoms with Crippen molar-refractivity contribution in [2.24, 2.45) is 4.99 Å². The number of thioether (sulfide) groups is 1. The molecule has 1 N–H and O–H groups in total. The van der Waals surface area contributed by atoms with Crippen molar-refractivity contribution in [1.29, 1.82) is 0 Å². The van der Waals surface area contributed by atoms with Crippen LogP contribution >= 0.6 is 11.8 Å². The molecule has 3 aromatic rings. The van der Waals surface area contributed by atoms with Gasteiger partial charge in [0, 0.05) is 0 Å². The highest BCUT2D eigenvalue weighted by Gasteiger charge is 2.23. The summed E-state index contributed by atoms with van der Waals surface area (Å²) in [5.74, 6) is 1.43. The van der Waals surface area contributed by atoms with E-state index in [1.165, 1.54) is 17.3 Å². The molecule has 0 aliphatic carbocycles. The van der Waals surface area contributed by atoms with Crippen LogP contribution in [0.3, 0.4) is 0 Å². The molecule has 1 amide bonds. The lowest BCUT2D eigenvalue weighted by molar-refractivity contribution is -0.115. The third-order valence-corrected chi connectivity index (χ3v) is 5.64. The number of rotatable bonds is 7. The average Bonchev–Trinajstić information content (AvgIpc) is 3.14. The highest BCUT2D eigenvalue weighted by atomic mass is 32.2. The third kappa shape index (κ3) is 5.80. The SMILES string of the molecule is CCOc1ccc(N=C2NC(=O)/C(=C/c3ccc(OCc4ccc(C)cc4)cc3)S2)cc1. The molecule has 0 radical (unpaired) electrons. The summed E-state index contributed by atoms with van der Waals surface area (Å²) in [5, 5.41) is 3.37. The normalized spacial score (nSPS) is 15.8. The van der Waals surface area contributed by atoms with Gasteiger partial charge in [0.25, 0.3) is 5.91 Å². The van der Waals surface area contributed by atoms with E-state index in [0.29, 0.717) is 23.3 Å². The van der Waals surface area contributed by atoms with Gasteiger partial charge in [-0.15, -0.1) is 0 Å². The summed E-state index contributed by atoms with van der Waals surface area (Å²) in [6.45, 7) is 5.15. The zero-order chi connectivity index (χ0) is 22.3. The van der Waals surface area contributed by atoms with Crippen LogP contribution in [0.5, 0.6) is 11.5 Å². The Labute approximate surface area is 192 Å². The van der Waals surface area contributed by atoms with E-state index < -0.39 is 0 Å². The Bertz CT molecular complexity index is 1140. The molecule has 0 saturated carbocycles. The molecule has 1 heterocycles. The molecule has 6 heteroatoms. The van der Waals surface area contributed by atoms with Gasteiger partial charge in [-0.3, -0.25) is 4.79 Å². The van der Waals surface area contributed by atoms with E-state index in [-0.39, 0.29) is 5.91 Å². The molecule has 1 aliphatic rings. The second-order valence-corrected chi connectivity index (χ2v) is 8.28. The van der Waals surface area contributed by atoms with Gasteiger partial charge in [0.2, 0.25) is 0 Å². The number of nitrogens with one attached hydrogen (secondary N) is 1. The minimum atomic E-state index is -0.153. The lowest BCUT2D eigenvalue weighted by Gasteiger charge is -2.07. The van der Waals surface area contributed by atoms with Crippen molar-refractivity contribution in [2.45, 2.75) is 20.5 Å². The number of carbonyl (C=O) groups is 1. The first-order valence-corrected chi connectivity index (χ1v) is 11.2. The molecular weight excluding hydrogens is 420 g/mol. The number of ether oxygens (including phenoxy) is 2. The summed E-state index contributed by atoms with van der Waals surface area (Å²) >= 11 is 1.32. The molecule has 5 nitrogen and oxygen atoms in total. The Kier molecular flexibility index (Phi) is 6.92. The summed E-state index contributed by atoms with van der Waals surface area (Å²) in [4.78, 5) is 17.4. The van der Waals surface area contributed by atoms with Crippen LogP contribution in [0.15, 0.2) is 82.7 Å². The van der Waals surface area contributed by atoms with Crippen molar-refractivity contribution in [2.75, 3.05) is 6.61 Å². The predicted molar refractivity (Wildman–Crippen MR) is 130 cm³/mol. The van der Waals surface area contributed by atoms with E-state index >= 15 is 0 Å². The number of aryl methyl sites for hydroxylation is 1. The van der Waals surface area contributed by atoms with E-state index in [1.54, 1.807) is 0 Å². The molecular formula is C26H24N2O3S. The van der Waals surface area contributed by atoms with Gasteiger partial charge in [0.15, 0.2) is 5.17 Å². The zero-order valence-corrected chi connectivity index (χ0v) is 18.8. The second-order valence-electron chi connectivity index (χ2n) is 7.25. The Balaban J connectivity index is 1.37. The molecule has 1 aliphatic heterocycles. The minimum absolute atomic E-state index is 0.153. The second kappa shape index (κ2) is 10.2. The fraction of sp³-hybridized carbons (Fsp3) is 0.154. The van der Waals surface area contributed by atoms with Gasteiger partial charge >= 0.3 is 0 Å². The molecule has 4 rings (SSSR count). The smallest absolute Gasteiger partial charge is 0.264 e. The van der Waals surface area contributed by atoms with E-state index in [4.69, 9.17) is 9.47 Å². The highest BCUT2D eigenvalue weighted by molar-refractivity contribution is 8.18. The van der Waals surface area contributed by atoms with Crippen LogP contribution in [0.4, 0.5) is 5.69 Å². The summed E-state index contributed by atoms with van der Waals surface area (Å²) in [6.07, 6.45) is 1.85. The first-order chi connectivity index (χ1) is 15.6. The van der Waals surface area contributed by atoms with Gasteiger partial charge < -0.3 is 14.8 Å². The lowest BCUT2D eigenvalue weighted by Crippen LogP contribution is -2.19. The summed E-state index contributed by atoms with van der Waals surface area (Å²) in [7, 11) is 0. The lowest BCUT2D eigenvalue weighted by atomic mass is 10.1. The number of hydrogen-bond donors (Lipinski definition) is 1. The van der Waals surface area contributed by atoms with Gasteiger partial charge in [-0.05, 0) is 79.2 Å². The quantitative estimate of drug-likeness (QED) is 0.464. The molecule has 32 heavy (non-hydrogen) atoms. The molecule has 0 spiro atoms. The molecule has 162 valence electrons. The number of aliphatic imine (C=N–C) groups is 1. The first kappa shape index (κ1) is 21.7. The van der Waals surface area contributed by atoms with Crippen LogP contribution in [-0.2, 0) is 11.4 Å². The molecule has 1 saturated heterocycles. The third-order valence-electron chi connectivity index (χ3n) is 4.73. The topological polar surface area (TPSA) is 59.9 Å². The molecule has 1 fully saturated rings. The van der Waals surface area contributed by atoms with Crippen molar-refractivity contribution in [3.63, 3.8) is 0 Å². The van der Waals surface area contributed by atoms with Gasteiger partial charge in [-0.25, -0.2) is 4.99 Å². The van der Waals surface area contributed by atoms with Gasteiger partial charge in [-0.2, -0.15) is 0 Å². The maximum Gasteiger partial charge on any atom is 0.264 e. The number of amides is 1. The molecule has 0 atom stereocenters. The molecule has 0 unspecified atom stereocenters. The number of amidine groups is 1. The summed E-state index contributed by atoms with van der Waals surface area (Å²) in [5.41, 5.74) is 4.04. The van der Waals surface area contributed by atoms with Crippen LogP contribution in [0.2, 0.25) is 0 Å². The molecule has 0 bridgehead atoms. The fourth-order valence-corrected chi connectivity index (χ4v) is 3.89. The summed E-state index contributed by atoms with van der Waals surface area (Å²) in [6, 6.07) is 23.4. The fourth-order valence-electron chi connectivity index (χ4n) is 3.04. The van der Waals surface area contributed by atoms with E-state index in [9.17, 15) is 4.79 Å². The van der Waals surface area contributed by atoms with E-state index in [2.05, 4.69) is 41.5 Å². The van der Waals surface area contributed by atoms with E-state index in [0.717, 1.165) is 28.3 Å². The monoisotopic (exact) mass is 444 g/mol. The molecule has 3 aromatic carbocycles. The number of nitrogens with zero attached hydrogens (tertiary/aromatic N) is 1. The number of carbonyl (C=O) groups excluding carboxylic acids is 1. The van der Waals surface area contributed by atoms with Crippen LogP contribution in [0, 0.1) is 6.92 Å². The Morgan fingerprint density at radius 2 is 1.56 bits per heavy atom. The van der Waals surface area contributed by atoms with Crippen LogP contribution in [-0.4, -0.2) is 17.7 Å². The predicted octanol–water partition coefficient (Wildman–Crippen LogP) is 5.86. The van der Waals surface area contributed by atoms with Gasteiger partial charge in [0.1, 0.15) is 18.1 Å². The Morgan fingerprint density at radius 1 is 0.906 bits per heavy atom. The van der Waals surface area contributed by atoms with E-state index in [1.807, 2.05) is 61.5 Å². The summed E-state index contributed by atoms with van der Waals surface area (Å²) < 4.78 is 11.3. The van der Waals surface area contributed by atoms with Crippen molar-refractivity contribution in [1.82, 2.24) is 5.32 Å². The van der Waals surface area contributed by atoms with Crippen LogP contribution in [0.25, 0.3) is 6.08 Å². The Morgan fingerprint density at radius 3 is 2.25 bits per heavy atom. The maximum atomic E-state index is 12.3. The van der Waals surface area contributed by atoms with Crippen molar-refractivity contribution in [3.8, 4) is 11.5 Å². The van der Waals surface area contributed by atoms with Gasteiger partial charge in [-0.1, -0.05) is 42.0 Å². The highest BCUT2D eigenvalue weighted by Crippen LogP contribution is 2.29. The van der Waals surface area contributed by atoms with Crippen molar-refractivity contribution < 1.29 is 14.3 Å². The van der Waals surface area contributed by atoms with Crippen LogP contribution in [0.1, 0.15) is 23.6 Å². The van der Waals surface area contributed by atoms with Crippen molar-refractivity contribution in [3.05, 3.63) is 94.4 Å². The molecule has 0 aromatic heterocycles. The van der Waals surface area contributed by atoms with Crippen LogP contribution < -0.4 is 14.8 Å². The van der Waals surface area contributed by atoms with Gasteiger partial charge in [0.05, 0.1) is 17.2 Å². The average molecular weight is 445 g/mol. The maximum absolute atomic E-state index is 12.3. The Hall–Kier alpha value is -3.51. The number of benzene rings is 3. The largest absolute Gasteiger partial charge is 0.494 e.